The standard InChI is InChI=1S/C15H21BrN2O3/c16-12-8-11(10-18-5-2-1-4-14(17)19)9-13-15(12)21-7-3-6-20-13/h8-9,18H,1-7,10H2,(H2,17,19). The number of fused-ring (bicyclic) bond motifs is 1. The molecule has 0 aromatic heterocycles. The lowest BCUT2D eigenvalue weighted by molar-refractivity contribution is -0.118. The van der Waals surface area contributed by atoms with Crippen LogP contribution in [0.2, 0.25) is 0 Å². The molecule has 1 aliphatic rings. The summed E-state index contributed by atoms with van der Waals surface area (Å²) in [6, 6.07) is 4.06. The van der Waals surface area contributed by atoms with Gasteiger partial charge in [-0.25, -0.2) is 0 Å². The molecule has 0 fully saturated rings. The van der Waals surface area contributed by atoms with E-state index in [1.165, 1.54) is 0 Å². The molecule has 0 bridgehead atoms. The van der Waals surface area contributed by atoms with Gasteiger partial charge in [-0.3, -0.25) is 4.79 Å². The average Bonchev–Trinajstić information content (AvgIpc) is 2.68. The monoisotopic (exact) mass is 356 g/mol. The van der Waals surface area contributed by atoms with E-state index in [4.69, 9.17) is 15.2 Å². The van der Waals surface area contributed by atoms with E-state index in [9.17, 15) is 4.79 Å². The van der Waals surface area contributed by atoms with Gasteiger partial charge in [-0.15, -0.1) is 0 Å². The summed E-state index contributed by atoms with van der Waals surface area (Å²) < 4.78 is 12.3. The first-order chi connectivity index (χ1) is 10.2. The molecule has 0 spiro atoms. The third-order valence-electron chi connectivity index (χ3n) is 3.22. The van der Waals surface area contributed by atoms with Crippen LogP contribution in [-0.2, 0) is 11.3 Å². The maximum absolute atomic E-state index is 10.6. The first-order valence-corrected chi connectivity index (χ1v) is 8.03. The Bertz CT molecular complexity index is 494. The molecule has 0 radical (unpaired) electrons. The van der Waals surface area contributed by atoms with Gasteiger partial charge in [-0.05, 0) is 53.0 Å². The summed E-state index contributed by atoms with van der Waals surface area (Å²) >= 11 is 3.53. The number of hydrogen-bond acceptors (Lipinski definition) is 4. The van der Waals surface area contributed by atoms with Gasteiger partial charge in [0, 0.05) is 19.4 Å². The van der Waals surface area contributed by atoms with E-state index in [-0.39, 0.29) is 5.91 Å². The van der Waals surface area contributed by atoms with Crippen molar-refractivity contribution >= 4 is 21.8 Å². The smallest absolute Gasteiger partial charge is 0.217 e. The second kappa shape index (κ2) is 8.24. The zero-order chi connectivity index (χ0) is 15.1. The van der Waals surface area contributed by atoms with Crippen LogP contribution in [-0.4, -0.2) is 25.7 Å². The summed E-state index contributed by atoms with van der Waals surface area (Å²) in [6.07, 6.45) is 3.12. The van der Waals surface area contributed by atoms with Crippen molar-refractivity contribution in [3.8, 4) is 11.5 Å². The van der Waals surface area contributed by atoms with Crippen LogP contribution in [0.4, 0.5) is 0 Å². The number of carbonyl (C=O) groups excluding carboxylic acids is 1. The lowest BCUT2D eigenvalue weighted by Crippen LogP contribution is -2.16. The molecule has 21 heavy (non-hydrogen) atoms. The van der Waals surface area contributed by atoms with Gasteiger partial charge in [0.2, 0.25) is 5.91 Å². The first kappa shape index (κ1) is 16.1. The maximum Gasteiger partial charge on any atom is 0.217 e. The third-order valence-corrected chi connectivity index (χ3v) is 3.81. The van der Waals surface area contributed by atoms with Crippen molar-refractivity contribution in [1.29, 1.82) is 0 Å². The minimum atomic E-state index is -0.234. The average molecular weight is 357 g/mol. The van der Waals surface area contributed by atoms with Crippen molar-refractivity contribution in [2.75, 3.05) is 19.8 Å². The van der Waals surface area contributed by atoms with E-state index in [1.807, 2.05) is 12.1 Å². The van der Waals surface area contributed by atoms with Gasteiger partial charge >= 0.3 is 0 Å². The van der Waals surface area contributed by atoms with Gasteiger partial charge in [-0.1, -0.05) is 0 Å². The summed E-state index contributed by atoms with van der Waals surface area (Å²) in [7, 11) is 0. The number of amides is 1. The van der Waals surface area contributed by atoms with Crippen LogP contribution in [0.15, 0.2) is 16.6 Å². The lowest BCUT2D eigenvalue weighted by atomic mass is 10.2. The SMILES string of the molecule is NC(=O)CCCCNCc1cc(Br)c2c(c1)OCCCO2. The minimum absolute atomic E-state index is 0.234. The summed E-state index contributed by atoms with van der Waals surface area (Å²) in [5.41, 5.74) is 6.24. The molecule has 116 valence electrons. The molecule has 1 aromatic rings. The van der Waals surface area contributed by atoms with E-state index >= 15 is 0 Å². The van der Waals surface area contributed by atoms with E-state index in [1.54, 1.807) is 0 Å². The summed E-state index contributed by atoms with van der Waals surface area (Å²) in [6.45, 7) is 2.98. The van der Waals surface area contributed by atoms with Crippen molar-refractivity contribution < 1.29 is 14.3 Å². The molecule has 3 N–H and O–H groups in total. The highest BCUT2D eigenvalue weighted by Gasteiger charge is 2.15. The Kier molecular flexibility index (Phi) is 6.32. The fourth-order valence-electron chi connectivity index (χ4n) is 2.17. The molecule has 0 atom stereocenters. The molecule has 0 aliphatic carbocycles. The molecule has 2 rings (SSSR count). The molecule has 1 aliphatic heterocycles. The van der Waals surface area contributed by atoms with E-state index in [0.29, 0.717) is 19.6 Å². The van der Waals surface area contributed by atoms with E-state index in [0.717, 1.165) is 53.9 Å². The fourth-order valence-corrected chi connectivity index (χ4v) is 2.77. The van der Waals surface area contributed by atoms with Crippen LogP contribution in [0.3, 0.4) is 0 Å². The zero-order valence-corrected chi connectivity index (χ0v) is 13.6. The predicted octanol–water partition coefficient (Wildman–Crippen LogP) is 2.36. The Morgan fingerprint density at radius 1 is 1.29 bits per heavy atom. The molecule has 1 aromatic carbocycles. The van der Waals surface area contributed by atoms with Gasteiger partial charge in [0.05, 0.1) is 17.7 Å². The molecule has 6 heteroatoms. The van der Waals surface area contributed by atoms with Gasteiger partial charge in [-0.2, -0.15) is 0 Å². The number of rotatable bonds is 7. The number of nitrogens with one attached hydrogen (secondary N) is 1. The zero-order valence-electron chi connectivity index (χ0n) is 12.0. The van der Waals surface area contributed by atoms with Gasteiger partial charge in [0.25, 0.3) is 0 Å². The number of nitrogens with two attached hydrogens (primary N) is 1. The van der Waals surface area contributed by atoms with Crippen LogP contribution in [0, 0.1) is 0 Å². The number of hydrogen-bond donors (Lipinski definition) is 2. The lowest BCUT2D eigenvalue weighted by Gasteiger charge is -2.12. The number of benzene rings is 1. The molecule has 1 heterocycles. The number of unbranched alkanes of at least 4 members (excludes halogenated alkanes) is 1. The Morgan fingerprint density at radius 2 is 2.10 bits per heavy atom. The topological polar surface area (TPSA) is 73.6 Å². The van der Waals surface area contributed by atoms with E-state index < -0.39 is 0 Å². The summed E-state index contributed by atoms with van der Waals surface area (Å²) in [5, 5.41) is 3.36. The summed E-state index contributed by atoms with van der Waals surface area (Å²) in [4.78, 5) is 10.6. The fraction of sp³-hybridized carbons (Fsp3) is 0.533. The van der Waals surface area contributed by atoms with Crippen molar-refractivity contribution in [3.63, 3.8) is 0 Å². The highest BCUT2D eigenvalue weighted by molar-refractivity contribution is 9.10. The van der Waals surface area contributed by atoms with Crippen molar-refractivity contribution in [2.45, 2.75) is 32.2 Å². The second-order valence-corrected chi connectivity index (χ2v) is 5.91. The Balaban J connectivity index is 1.82. The molecule has 1 amide bonds. The number of halogens is 1. The molecule has 0 saturated carbocycles. The molecular weight excluding hydrogens is 336 g/mol. The van der Waals surface area contributed by atoms with Crippen molar-refractivity contribution in [1.82, 2.24) is 5.32 Å². The highest BCUT2D eigenvalue weighted by atomic mass is 79.9. The number of ether oxygens (including phenoxy) is 2. The predicted molar refractivity (Wildman–Crippen MR) is 84.5 cm³/mol. The normalized spacial score (nSPS) is 13.8. The Hall–Kier alpha value is -1.27. The van der Waals surface area contributed by atoms with Crippen LogP contribution in [0.1, 0.15) is 31.2 Å². The third kappa shape index (κ3) is 5.21. The summed E-state index contributed by atoms with van der Waals surface area (Å²) in [5.74, 6) is 1.35. The first-order valence-electron chi connectivity index (χ1n) is 7.24. The highest BCUT2D eigenvalue weighted by Crippen LogP contribution is 2.38. The molecule has 0 saturated heterocycles. The number of primary amides is 1. The maximum atomic E-state index is 10.6. The van der Waals surface area contributed by atoms with Crippen LogP contribution in [0.5, 0.6) is 11.5 Å². The van der Waals surface area contributed by atoms with E-state index in [2.05, 4.69) is 21.2 Å². The quantitative estimate of drug-likeness (QED) is 0.735. The largest absolute Gasteiger partial charge is 0.490 e. The van der Waals surface area contributed by atoms with Crippen LogP contribution >= 0.6 is 15.9 Å². The van der Waals surface area contributed by atoms with Gasteiger partial charge in [0.15, 0.2) is 11.5 Å². The molecule has 0 unspecified atom stereocenters. The van der Waals surface area contributed by atoms with Crippen LogP contribution < -0.4 is 20.5 Å². The van der Waals surface area contributed by atoms with Crippen molar-refractivity contribution in [3.05, 3.63) is 22.2 Å². The molecular formula is C15H21BrN2O3. The van der Waals surface area contributed by atoms with Crippen LogP contribution in [0.25, 0.3) is 0 Å². The number of carbonyl (C=O) groups is 1. The molecule has 5 nitrogen and oxygen atoms in total. The van der Waals surface area contributed by atoms with Gasteiger partial charge < -0.3 is 20.5 Å². The Labute approximate surface area is 133 Å². The van der Waals surface area contributed by atoms with Crippen molar-refractivity contribution in [2.24, 2.45) is 5.73 Å². The van der Waals surface area contributed by atoms with Gasteiger partial charge in [0.1, 0.15) is 0 Å². The second-order valence-electron chi connectivity index (χ2n) is 5.06. The Morgan fingerprint density at radius 3 is 2.90 bits per heavy atom. The minimum Gasteiger partial charge on any atom is -0.490 e.